The number of carbonyl (C=O) groups excluding carboxylic acids is 3. The van der Waals surface area contributed by atoms with E-state index >= 15 is 0 Å². The lowest BCUT2D eigenvalue weighted by Gasteiger charge is -2.26. The molecule has 1 aliphatic carbocycles. The molecule has 1 saturated heterocycles. The number of non-ortho nitro benzene ring substituents is 1. The molecule has 1 saturated carbocycles. The Morgan fingerprint density at radius 2 is 1.95 bits per heavy atom. The number of pyridine rings is 1. The molecule has 11 heteroatoms. The van der Waals surface area contributed by atoms with Gasteiger partial charge in [0.1, 0.15) is 17.6 Å². The summed E-state index contributed by atoms with van der Waals surface area (Å²) in [5, 5.41) is 17.4. The van der Waals surface area contributed by atoms with E-state index in [1.54, 1.807) is 19.1 Å². The Labute approximate surface area is 235 Å². The number of nitro groups is 1. The summed E-state index contributed by atoms with van der Waals surface area (Å²) >= 11 is 0. The summed E-state index contributed by atoms with van der Waals surface area (Å²) in [6.07, 6.45) is 7.36. The highest BCUT2D eigenvalue weighted by Crippen LogP contribution is 2.32. The van der Waals surface area contributed by atoms with Gasteiger partial charge in [-0.25, -0.2) is 9.37 Å². The summed E-state index contributed by atoms with van der Waals surface area (Å²) in [5.74, 6) is -1.22. The number of nitrogens with zero attached hydrogens (tertiary/aromatic N) is 3. The maximum absolute atomic E-state index is 13.4. The quantitative estimate of drug-likeness (QED) is 0.297. The number of allylic oxidation sites excluding steroid dienone is 1. The SMILES string of the molecule is C[C@H](NC(=O)C1CCCN1C(=O)CNC(=O)c1ccc2cc(F)ccc2n1)c1cc([N+](=O)[O-])ccc1/C=C/C1CC1. The number of likely N-dealkylation sites (tertiary alicyclic amines) is 1. The molecule has 2 aromatic carbocycles. The first kappa shape index (κ1) is 27.9. The summed E-state index contributed by atoms with van der Waals surface area (Å²) < 4.78 is 13.4. The summed E-state index contributed by atoms with van der Waals surface area (Å²) in [5.41, 5.74) is 1.89. The molecule has 1 unspecified atom stereocenters. The van der Waals surface area contributed by atoms with Crippen LogP contribution in [0.5, 0.6) is 0 Å². The normalized spacial score (nSPS) is 17.5. The van der Waals surface area contributed by atoms with Crippen LogP contribution in [0.3, 0.4) is 0 Å². The van der Waals surface area contributed by atoms with Crippen molar-refractivity contribution in [2.75, 3.05) is 13.1 Å². The topological polar surface area (TPSA) is 135 Å². The van der Waals surface area contributed by atoms with Crippen molar-refractivity contribution >= 4 is 40.4 Å². The van der Waals surface area contributed by atoms with Gasteiger partial charge >= 0.3 is 0 Å². The van der Waals surface area contributed by atoms with Gasteiger partial charge in [-0.3, -0.25) is 24.5 Å². The number of aromatic nitrogens is 1. The van der Waals surface area contributed by atoms with Crippen LogP contribution in [0.4, 0.5) is 10.1 Å². The lowest BCUT2D eigenvalue weighted by atomic mass is 9.99. The van der Waals surface area contributed by atoms with Crippen LogP contribution in [0.15, 0.2) is 54.6 Å². The van der Waals surface area contributed by atoms with Crippen molar-refractivity contribution in [1.82, 2.24) is 20.5 Å². The van der Waals surface area contributed by atoms with Crippen molar-refractivity contribution < 1.29 is 23.7 Å². The molecule has 0 radical (unpaired) electrons. The van der Waals surface area contributed by atoms with Crippen LogP contribution in [0, 0.1) is 21.8 Å². The van der Waals surface area contributed by atoms with E-state index in [0.29, 0.717) is 41.8 Å². The second-order valence-electron chi connectivity index (χ2n) is 10.5. The smallest absolute Gasteiger partial charge is 0.270 e. The van der Waals surface area contributed by atoms with Crippen molar-refractivity contribution in [2.45, 2.75) is 44.7 Å². The minimum Gasteiger partial charge on any atom is -0.348 e. The average Bonchev–Trinajstić information content (AvgIpc) is 3.66. The van der Waals surface area contributed by atoms with E-state index in [1.165, 1.54) is 41.3 Å². The van der Waals surface area contributed by atoms with Crippen LogP contribution in [0.1, 0.15) is 60.3 Å². The molecule has 3 aromatic rings. The Kier molecular flexibility index (Phi) is 8.04. The molecule has 2 atom stereocenters. The van der Waals surface area contributed by atoms with Gasteiger partial charge in [0.25, 0.3) is 11.6 Å². The van der Waals surface area contributed by atoms with Crippen molar-refractivity contribution in [2.24, 2.45) is 5.92 Å². The molecule has 5 rings (SSSR count). The second kappa shape index (κ2) is 11.8. The fourth-order valence-corrected chi connectivity index (χ4v) is 5.03. The van der Waals surface area contributed by atoms with E-state index in [0.717, 1.165) is 18.4 Å². The highest BCUT2D eigenvalue weighted by molar-refractivity contribution is 5.97. The van der Waals surface area contributed by atoms with E-state index in [2.05, 4.69) is 21.7 Å². The van der Waals surface area contributed by atoms with Gasteiger partial charge in [0.2, 0.25) is 11.8 Å². The number of benzene rings is 2. The molecule has 2 aliphatic rings. The minimum absolute atomic E-state index is 0.0637. The standard InChI is InChI=1S/C30H30FN5O5/c1-18(24-16-23(36(40)41)11-8-20(24)7-6-19-4-5-19)33-30(39)27-3-2-14-35(27)28(37)17-32-29(38)26-12-9-21-15-22(31)10-13-25(21)34-26/h6-13,15-16,18-19,27H,2-5,14,17H2,1H3,(H,32,38)(H,33,39)/b7-6+/t18-,27?/m0/s1. The van der Waals surface area contributed by atoms with E-state index in [4.69, 9.17) is 0 Å². The van der Waals surface area contributed by atoms with E-state index in [9.17, 15) is 28.9 Å². The second-order valence-corrected chi connectivity index (χ2v) is 10.5. The summed E-state index contributed by atoms with van der Waals surface area (Å²) in [6, 6.07) is 10.4. The van der Waals surface area contributed by atoms with Crippen molar-refractivity contribution in [3.63, 3.8) is 0 Å². The van der Waals surface area contributed by atoms with Gasteiger partial charge in [-0.2, -0.15) is 0 Å². The summed E-state index contributed by atoms with van der Waals surface area (Å²) in [7, 11) is 0. The Bertz CT molecular complexity index is 1550. The first-order valence-electron chi connectivity index (χ1n) is 13.6. The third kappa shape index (κ3) is 6.56. The van der Waals surface area contributed by atoms with Crippen LogP contribution in [-0.4, -0.2) is 51.7 Å². The number of amides is 3. The number of hydrogen-bond donors (Lipinski definition) is 2. The van der Waals surface area contributed by atoms with Crippen molar-refractivity contribution in [3.8, 4) is 0 Å². The Morgan fingerprint density at radius 3 is 2.71 bits per heavy atom. The zero-order valence-electron chi connectivity index (χ0n) is 22.5. The number of fused-ring (bicyclic) bond motifs is 1. The summed E-state index contributed by atoms with van der Waals surface area (Å²) in [6.45, 7) is 1.81. The fourth-order valence-electron chi connectivity index (χ4n) is 5.03. The minimum atomic E-state index is -0.723. The van der Waals surface area contributed by atoms with Crippen molar-refractivity contribution in [1.29, 1.82) is 0 Å². The van der Waals surface area contributed by atoms with Crippen LogP contribution in [-0.2, 0) is 9.59 Å². The van der Waals surface area contributed by atoms with Gasteiger partial charge in [0.15, 0.2) is 0 Å². The Hall–Kier alpha value is -4.67. The fraction of sp³-hybridized carbons (Fsp3) is 0.333. The van der Waals surface area contributed by atoms with Crippen molar-refractivity contribution in [3.05, 3.63) is 87.4 Å². The highest BCUT2D eigenvalue weighted by atomic mass is 19.1. The van der Waals surface area contributed by atoms with Gasteiger partial charge in [0.05, 0.1) is 23.0 Å². The predicted octanol–water partition coefficient (Wildman–Crippen LogP) is 4.30. The van der Waals surface area contributed by atoms with Gasteiger partial charge in [0, 0.05) is 24.1 Å². The predicted molar refractivity (Wildman–Crippen MR) is 150 cm³/mol. The molecule has 0 bridgehead atoms. The molecule has 0 spiro atoms. The van der Waals surface area contributed by atoms with E-state index in [-0.39, 0.29) is 23.8 Å². The molecule has 2 N–H and O–H groups in total. The molecule has 1 aromatic heterocycles. The third-order valence-corrected chi connectivity index (χ3v) is 7.44. The molecule has 212 valence electrons. The molecule has 1 aliphatic heterocycles. The monoisotopic (exact) mass is 559 g/mol. The highest BCUT2D eigenvalue weighted by Gasteiger charge is 2.35. The van der Waals surface area contributed by atoms with Gasteiger partial charge in [-0.1, -0.05) is 18.2 Å². The molecular weight excluding hydrogens is 529 g/mol. The lowest BCUT2D eigenvalue weighted by molar-refractivity contribution is -0.384. The van der Waals surface area contributed by atoms with Gasteiger partial charge in [-0.05, 0) is 80.0 Å². The number of nitrogens with one attached hydrogen (secondary N) is 2. The number of carbonyl (C=O) groups is 3. The third-order valence-electron chi connectivity index (χ3n) is 7.44. The maximum Gasteiger partial charge on any atom is 0.270 e. The Balaban J connectivity index is 1.22. The number of hydrogen-bond acceptors (Lipinski definition) is 6. The number of rotatable bonds is 9. The first-order valence-corrected chi connectivity index (χ1v) is 13.6. The van der Waals surface area contributed by atoms with Crippen LogP contribution in [0.2, 0.25) is 0 Å². The largest absolute Gasteiger partial charge is 0.348 e. The average molecular weight is 560 g/mol. The number of nitro benzene ring substituents is 1. The molecule has 3 amide bonds. The molecule has 2 heterocycles. The van der Waals surface area contributed by atoms with Gasteiger partial charge < -0.3 is 15.5 Å². The van der Waals surface area contributed by atoms with E-state index < -0.39 is 34.6 Å². The first-order chi connectivity index (χ1) is 19.7. The van der Waals surface area contributed by atoms with Crippen LogP contribution >= 0.6 is 0 Å². The zero-order chi connectivity index (χ0) is 29.1. The lowest BCUT2D eigenvalue weighted by Crippen LogP contribution is -2.49. The maximum atomic E-state index is 13.4. The summed E-state index contributed by atoms with van der Waals surface area (Å²) in [4.78, 5) is 55.5. The zero-order valence-corrected chi connectivity index (χ0v) is 22.5. The molecular formula is C30H30FN5O5. The van der Waals surface area contributed by atoms with E-state index in [1.807, 2.05) is 6.08 Å². The molecule has 2 fully saturated rings. The van der Waals surface area contributed by atoms with Crippen LogP contribution < -0.4 is 10.6 Å². The van der Waals surface area contributed by atoms with Gasteiger partial charge in [-0.15, -0.1) is 0 Å². The molecule has 41 heavy (non-hydrogen) atoms. The van der Waals surface area contributed by atoms with Crippen LogP contribution in [0.25, 0.3) is 17.0 Å². The molecule has 10 nitrogen and oxygen atoms in total. The Morgan fingerprint density at radius 1 is 1.15 bits per heavy atom. The number of halogens is 1.